The monoisotopic (exact) mass is 466 g/mol. The van der Waals surface area contributed by atoms with Crippen LogP contribution in [-0.2, 0) is 16.2 Å². The Bertz CT molecular complexity index is 1130. The average Bonchev–Trinajstić information content (AvgIpc) is 3.35. The maximum Gasteiger partial charge on any atom is 0.268 e. The van der Waals surface area contributed by atoms with Gasteiger partial charge in [-0.05, 0) is 29.8 Å². The lowest BCUT2D eigenvalue weighted by Crippen LogP contribution is -2.28. The number of aromatic nitrogens is 2. The van der Waals surface area contributed by atoms with Crippen LogP contribution in [0.5, 0.6) is 0 Å². The molecule has 0 saturated carbocycles. The molecule has 0 aliphatic carbocycles. The van der Waals surface area contributed by atoms with E-state index in [9.17, 15) is 9.18 Å². The van der Waals surface area contributed by atoms with Crippen LogP contribution in [0, 0.1) is 5.82 Å². The summed E-state index contributed by atoms with van der Waals surface area (Å²) < 4.78 is 15.7. The summed E-state index contributed by atoms with van der Waals surface area (Å²) in [7, 11) is 0. The Morgan fingerprint density at radius 3 is 2.80 bits per heavy atom. The number of carbonyl (C=O) groups is 1. The molecule has 0 fully saturated rings. The van der Waals surface area contributed by atoms with Gasteiger partial charge in [0.05, 0.1) is 44.8 Å². The molecule has 3 aromatic rings. The molecule has 30 heavy (non-hydrogen) atoms. The van der Waals surface area contributed by atoms with Crippen LogP contribution in [0.4, 0.5) is 10.1 Å². The first kappa shape index (κ1) is 20.7. The molecule has 1 aliphatic rings. The van der Waals surface area contributed by atoms with E-state index in [1.54, 1.807) is 29.1 Å². The minimum absolute atomic E-state index is 0.101. The highest BCUT2D eigenvalue weighted by Crippen LogP contribution is 2.26. The Morgan fingerprint density at radius 2 is 2.03 bits per heavy atom. The fraction of sp³-hybridized carbons (Fsp3) is 0.150. The first-order valence-electron chi connectivity index (χ1n) is 8.85. The Morgan fingerprint density at radius 1 is 1.20 bits per heavy atom. The van der Waals surface area contributed by atoms with E-state index in [0.29, 0.717) is 22.3 Å². The van der Waals surface area contributed by atoms with Gasteiger partial charge in [-0.3, -0.25) is 9.48 Å². The largest absolute Gasteiger partial charge is 0.382 e. The standard InChI is InChI=1S/C20H14Cl3FN4O2/c21-13-5-4-11(6-15(13)23)9-28-10-12(8-25-28)26-20(29)18-7-17(27-30-18)19-14(22)2-1-3-16(19)24/h1-6,8,10,18H,7,9H2,(H,26,29). The van der Waals surface area contributed by atoms with Gasteiger partial charge in [0.15, 0.2) is 0 Å². The summed E-state index contributed by atoms with van der Waals surface area (Å²) in [6.45, 7) is 0.450. The van der Waals surface area contributed by atoms with Crippen molar-refractivity contribution in [3.05, 3.63) is 80.8 Å². The Kier molecular flexibility index (Phi) is 5.94. The lowest BCUT2D eigenvalue weighted by Gasteiger charge is -2.08. The SMILES string of the molecule is O=C(Nc1cnn(Cc2ccc(Cl)c(Cl)c2)c1)C1CC(c2c(F)cccc2Cl)=NO1. The maximum absolute atomic E-state index is 14.1. The maximum atomic E-state index is 14.1. The van der Waals surface area contributed by atoms with E-state index in [2.05, 4.69) is 15.6 Å². The Labute approximate surface area is 186 Å². The predicted molar refractivity (Wildman–Crippen MR) is 114 cm³/mol. The highest BCUT2D eigenvalue weighted by atomic mass is 35.5. The van der Waals surface area contributed by atoms with Crippen LogP contribution >= 0.6 is 34.8 Å². The quantitative estimate of drug-likeness (QED) is 0.563. The number of rotatable bonds is 5. The number of nitrogens with zero attached hydrogens (tertiary/aromatic N) is 3. The van der Waals surface area contributed by atoms with E-state index in [1.807, 2.05) is 6.07 Å². The van der Waals surface area contributed by atoms with Crippen molar-refractivity contribution in [1.82, 2.24) is 9.78 Å². The third kappa shape index (κ3) is 4.43. The van der Waals surface area contributed by atoms with E-state index < -0.39 is 17.8 Å². The molecule has 1 unspecified atom stereocenters. The molecule has 0 saturated heterocycles. The van der Waals surface area contributed by atoms with Crippen LogP contribution in [0.15, 0.2) is 53.9 Å². The van der Waals surface area contributed by atoms with Crippen LogP contribution in [0.2, 0.25) is 15.1 Å². The number of anilines is 1. The van der Waals surface area contributed by atoms with Crippen molar-refractivity contribution in [2.24, 2.45) is 5.16 Å². The molecule has 0 bridgehead atoms. The van der Waals surface area contributed by atoms with Crippen LogP contribution in [-0.4, -0.2) is 27.5 Å². The van der Waals surface area contributed by atoms with Crippen molar-refractivity contribution in [3.8, 4) is 0 Å². The molecule has 0 spiro atoms. The molecule has 4 rings (SSSR count). The molecular weight excluding hydrogens is 454 g/mol. The first-order chi connectivity index (χ1) is 14.4. The molecule has 0 radical (unpaired) electrons. The number of nitrogens with one attached hydrogen (secondary N) is 1. The van der Waals surface area contributed by atoms with Gasteiger partial charge < -0.3 is 10.2 Å². The molecule has 2 aromatic carbocycles. The highest BCUT2D eigenvalue weighted by Gasteiger charge is 2.31. The van der Waals surface area contributed by atoms with Crippen molar-refractivity contribution < 1.29 is 14.0 Å². The average molecular weight is 468 g/mol. The lowest BCUT2D eigenvalue weighted by atomic mass is 10.0. The summed E-state index contributed by atoms with van der Waals surface area (Å²) in [6.07, 6.45) is 2.39. The molecule has 154 valence electrons. The number of halogens is 4. The summed E-state index contributed by atoms with van der Waals surface area (Å²) in [5.41, 5.74) is 1.82. The summed E-state index contributed by atoms with van der Waals surface area (Å²) in [5, 5.41) is 11.9. The third-order valence-electron chi connectivity index (χ3n) is 4.44. The third-order valence-corrected chi connectivity index (χ3v) is 5.50. The summed E-state index contributed by atoms with van der Waals surface area (Å²) in [5.74, 6) is -0.940. The van der Waals surface area contributed by atoms with Gasteiger partial charge in [-0.1, -0.05) is 52.1 Å². The van der Waals surface area contributed by atoms with Crippen molar-refractivity contribution in [1.29, 1.82) is 0 Å². The number of hydrogen-bond donors (Lipinski definition) is 1. The summed E-state index contributed by atoms with van der Waals surface area (Å²) in [4.78, 5) is 17.7. The Balaban J connectivity index is 1.38. The zero-order valence-electron chi connectivity index (χ0n) is 15.3. The summed E-state index contributed by atoms with van der Waals surface area (Å²) >= 11 is 18.0. The smallest absolute Gasteiger partial charge is 0.268 e. The second-order valence-corrected chi connectivity index (χ2v) is 7.82. The van der Waals surface area contributed by atoms with Crippen LogP contribution in [0.25, 0.3) is 0 Å². The molecule has 6 nitrogen and oxygen atoms in total. The van der Waals surface area contributed by atoms with Gasteiger partial charge in [-0.25, -0.2) is 4.39 Å². The van der Waals surface area contributed by atoms with Gasteiger partial charge in [0.25, 0.3) is 5.91 Å². The number of oxime groups is 1. The van der Waals surface area contributed by atoms with Gasteiger partial charge in [0.2, 0.25) is 6.10 Å². The van der Waals surface area contributed by atoms with Crippen molar-refractivity contribution in [3.63, 3.8) is 0 Å². The highest BCUT2D eigenvalue weighted by molar-refractivity contribution is 6.42. The van der Waals surface area contributed by atoms with Gasteiger partial charge in [0, 0.05) is 12.6 Å². The van der Waals surface area contributed by atoms with Gasteiger partial charge in [-0.2, -0.15) is 5.10 Å². The molecule has 1 N–H and O–H groups in total. The van der Waals surface area contributed by atoms with E-state index in [0.717, 1.165) is 5.56 Å². The van der Waals surface area contributed by atoms with Crippen LogP contribution in [0.1, 0.15) is 17.5 Å². The van der Waals surface area contributed by atoms with E-state index in [1.165, 1.54) is 18.3 Å². The molecular formula is C20H14Cl3FN4O2. The summed E-state index contributed by atoms with van der Waals surface area (Å²) in [6, 6.07) is 9.63. The van der Waals surface area contributed by atoms with Crippen molar-refractivity contribution in [2.75, 3.05) is 5.32 Å². The molecule has 1 atom stereocenters. The predicted octanol–water partition coefficient (Wildman–Crippen LogP) is 5.16. The minimum atomic E-state index is -0.894. The number of amides is 1. The second kappa shape index (κ2) is 8.63. The number of carbonyl (C=O) groups excluding carboxylic acids is 1. The van der Waals surface area contributed by atoms with Crippen molar-refractivity contribution >= 4 is 52.1 Å². The molecule has 1 aliphatic heterocycles. The Hall–Kier alpha value is -2.61. The number of benzene rings is 2. The number of hydrogen-bond acceptors (Lipinski definition) is 4. The zero-order valence-corrected chi connectivity index (χ0v) is 17.5. The van der Waals surface area contributed by atoms with Crippen LogP contribution < -0.4 is 5.32 Å². The van der Waals surface area contributed by atoms with Crippen LogP contribution in [0.3, 0.4) is 0 Å². The zero-order chi connectivity index (χ0) is 21.3. The second-order valence-electron chi connectivity index (χ2n) is 6.60. The topological polar surface area (TPSA) is 68.5 Å². The molecule has 1 amide bonds. The normalized spacial score (nSPS) is 15.6. The fourth-order valence-electron chi connectivity index (χ4n) is 3.00. The first-order valence-corrected chi connectivity index (χ1v) is 9.98. The van der Waals surface area contributed by atoms with Gasteiger partial charge in [-0.15, -0.1) is 0 Å². The fourth-order valence-corrected chi connectivity index (χ4v) is 3.59. The van der Waals surface area contributed by atoms with Gasteiger partial charge in [0.1, 0.15) is 5.82 Å². The van der Waals surface area contributed by atoms with Crippen molar-refractivity contribution in [2.45, 2.75) is 19.1 Å². The molecule has 2 heterocycles. The molecule has 10 heteroatoms. The van der Waals surface area contributed by atoms with E-state index in [4.69, 9.17) is 39.6 Å². The van der Waals surface area contributed by atoms with E-state index in [-0.39, 0.29) is 22.7 Å². The van der Waals surface area contributed by atoms with E-state index >= 15 is 0 Å². The minimum Gasteiger partial charge on any atom is -0.382 e. The van der Waals surface area contributed by atoms with Gasteiger partial charge >= 0.3 is 0 Å². The molecule has 1 aromatic heterocycles. The lowest BCUT2D eigenvalue weighted by molar-refractivity contribution is -0.125.